The Bertz CT molecular complexity index is 941. The molecule has 2 aromatic rings. The molecule has 0 unspecified atom stereocenters. The minimum atomic E-state index is -0.0860. The number of hydrogen-bond acceptors (Lipinski definition) is 7. The van der Waals surface area contributed by atoms with Crippen molar-refractivity contribution < 1.29 is 14.3 Å². The quantitative estimate of drug-likeness (QED) is 0.624. The molecule has 0 spiro atoms. The number of para-hydroxylation sites is 2. The van der Waals surface area contributed by atoms with Crippen LogP contribution in [-0.2, 0) is 4.79 Å². The van der Waals surface area contributed by atoms with Crippen LogP contribution < -0.4 is 15.2 Å². The van der Waals surface area contributed by atoms with Gasteiger partial charge in [0.05, 0.1) is 12.0 Å². The summed E-state index contributed by atoms with van der Waals surface area (Å²) < 4.78 is 11.5. The van der Waals surface area contributed by atoms with E-state index in [2.05, 4.69) is 16.5 Å². The molecule has 31 heavy (non-hydrogen) atoms. The third-order valence-corrected chi connectivity index (χ3v) is 6.07. The third-order valence-electron chi connectivity index (χ3n) is 5.00. The summed E-state index contributed by atoms with van der Waals surface area (Å²) in [4.78, 5) is 24.6. The van der Waals surface area contributed by atoms with E-state index in [1.165, 1.54) is 11.8 Å². The predicted molar refractivity (Wildman–Crippen MR) is 123 cm³/mol. The fourth-order valence-corrected chi connectivity index (χ4v) is 4.17. The lowest BCUT2D eigenvalue weighted by molar-refractivity contribution is -0.128. The lowest BCUT2D eigenvalue weighted by atomic mass is 10.1. The largest absolute Gasteiger partial charge is 0.493 e. The Morgan fingerprint density at radius 3 is 2.45 bits per heavy atom. The zero-order valence-electron chi connectivity index (χ0n) is 17.9. The van der Waals surface area contributed by atoms with E-state index in [0.29, 0.717) is 46.6 Å². The van der Waals surface area contributed by atoms with Gasteiger partial charge in [-0.2, -0.15) is 0 Å². The van der Waals surface area contributed by atoms with Crippen LogP contribution in [0.2, 0.25) is 0 Å². The van der Waals surface area contributed by atoms with Crippen LogP contribution in [0.4, 0.5) is 0 Å². The summed E-state index contributed by atoms with van der Waals surface area (Å²) in [6, 6.07) is 9.33. The number of nitrogens with two attached hydrogens (primary N) is 1. The molecule has 0 bridgehead atoms. The highest BCUT2D eigenvalue weighted by atomic mass is 32.2. The number of amides is 1. The lowest BCUT2D eigenvalue weighted by Crippen LogP contribution is -2.42. The molecular weight excluding hydrogens is 412 g/mol. The average Bonchev–Trinajstić information content (AvgIpc) is 2.83. The molecular formula is C23H28N4O3S. The average molecular weight is 441 g/mol. The molecule has 1 aliphatic rings. The first-order chi connectivity index (χ1) is 15.0. The van der Waals surface area contributed by atoms with E-state index in [-0.39, 0.29) is 12.0 Å². The van der Waals surface area contributed by atoms with Crippen molar-refractivity contribution in [2.45, 2.75) is 32.3 Å². The minimum absolute atomic E-state index is 0.0247. The number of allylic oxidation sites excluding steroid dienone is 1. The number of ether oxygens (including phenoxy) is 2. The van der Waals surface area contributed by atoms with E-state index in [9.17, 15) is 4.79 Å². The zero-order valence-corrected chi connectivity index (χ0v) is 18.7. The normalized spacial score (nSPS) is 15.2. The summed E-state index contributed by atoms with van der Waals surface area (Å²) in [5, 5.41) is 0. The van der Waals surface area contributed by atoms with Crippen LogP contribution in [0.1, 0.15) is 32.0 Å². The number of thioether (sulfide) groups is 1. The molecule has 8 heteroatoms. The van der Waals surface area contributed by atoms with E-state index in [1.807, 2.05) is 36.1 Å². The predicted octanol–water partition coefficient (Wildman–Crippen LogP) is 3.84. The Morgan fingerprint density at radius 1 is 1.19 bits per heavy atom. The Kier molecular flexibility index (Phi) is 7.94. The van der Waals surface area contributed by atoms with Crippen molar-refractivity contribution in [2.75, 3.05) is 20.2 Å². The molecule has 1 aromatic heterocycles. The van der Waals surface area contributed by atoms with Crippen LogP contribution in [-0.4, -0.2) is 47.1 Å². The number of carbonyl (C=O) groups excluding carboxylic acids is 1. The minimum Gasteiger partial charge on any atom is -0.493 e. The van der Waals surface area contributed by atoms with Gasteiger partial charge in [-0.15, -0.1) is 0 Å². The van der Waals surface area contributed by atoms with Crippen molar-refractivity contribution in [3.05, 3.63) is 65.7 Å². The number of likely N-dealkylation sites (tertiary alicyclic amines) is 1. The lowest BCUT2D eigenvalue weighted by Gasteiger charge is -2.33. The van der Waals surface area contributed by atoms with E-state index in [1.54, 1.807) is 25.6 Å². The summed E-state index contributed by atoms with van der Waals surface area (Å²) in [6.07, 6.45) is 5.36. The number of benzene rings is 1. The molecule has 1 aromatic carbocycles. The number of carbonyl (C=O) groups is 1. The highest BCUT2D eigenvalue weighted by Crippen LogP contribution is 2.34. The molecule has 0 saturated carbocycles. The molecule has 1 fully saturated rings. The Morgan fingerprint density at radius 2 is 1.84 bits per heavy atom. The maximum absolute atomic E-state index is 13.3. The van der Waals surface area contributed by atoms with Crippen LogP contribution >= 0.6 is 11.8 Å². The summed E-state index contributed by atoms with van der Waals surface area (Å²) in [5.74, 6) is 1.84. The van der Waals surface area contributed by atoms with Gasteiger partial charge in [-0.3, -0.25) is 4.79 Å². The number of aromatic nitrogens is 2. The number of piperidine rings is 1. The molecule has 1 amide bonds. The van der Waals surface area contributed by atoms with Crippen molar-refractivity contribution >= 4 is 22.6 Å². The second kappa shape index (κ2) is 10.9. The Labute approximate surface area is 187 Å². The molecule has 2 N–H and O–H groups in total. The van der Waals surface area contributed by atoms with Gasteiger partial charge in [-0.25, -0.2) is 9.97 Å². The molecule has 1 aliphatic heterocycles. The van der Waals surface area contributed by atoms with Crippen LogP contribution in [0.3, 0.4) is 0 Å². The van der Waals surface area contributed by atoms with Gasteiger partial charge < -0.3 is 20.1 Å². The summed E-state index contributed by atoms with van der Waals surface area (Å²) in [5.41, 5.74) is 6.74. The first-order valence-electron chi connectivity index (χ1n) is 10.2. The highest BCUT2D eigenvalue weighted by molar-refractivity contribution is 8.12. The molecule has 7 nitrogen and oxygen atoms in total. The first-order valence-corrected chi connectivity index (χ1v) is 11.1. The van der Waals surface area contributed by atoms with Gasteiger partial charge in [-0.05, 0) is 24.6 Å². The number of hydrogen-bond donors (Lipinski definition) is 1. The summed E-state index contributed by atoms with van der Waals surface area (Å²) in [7, 11) is 1.63. The van der Waals surface area contributed by atoms with Crippen molar-refractivity contribution in [1.29, 1.82) is 0 Å². The summed E-state index contributed by atoms with van der Waals surface area (Å²) >= 11 is 1.24. The molecule has 2 heterocycles. The smallest absolute Gasteiger partial charge is 0.262 e. The number of methoxy groups -OCH3 is 1. The topological polar surface area (TPSA) is 90.6 Å². The first kappa shape index (κ1) is 22.7. The fraction of sp³-hybridized carbons (Fsp3) is 0.348. The molecule has 1 saturated heterocycles. The molecule has 164 valence electrons. The maximum atomic E-state index is 13.3. The van der Waals surface area contributed by atoms with Gasteiger partial charge in [0.2, 0.25) is 0 Å². The van der Waals surface area contributed by atoms with Crippen LogP contribution in [0.15, 0.2) is 59.9 Å². The number of nitrogens with zero attached hydrogens (tertiary/aromatic N) is 3. The maximum Gasteiger partial charge on any atom is 0.262 e. The van der Waals surface area contributed by atoms with Gasteiger partial charge in [0, 0.05) is 48.9 Å². The van der Waals surface area contributed by atoms with Crippen molar-refractivity contribution in [2.24, 2.45) is 5.73 Å². The van der Waals surface area contributed by atoms with E-state index < -0.39 is 0 Å². The van der Waals surface area contributed by atoms with Gasteiger partial charge in [0.25, 0.3) is 5.91 Å². The summed E-state index contributed by atoms with van der Waals surface area (Å²) in [6.45, 7) is 7.14. The van der Waals surface area contributed by atoms with Gasteiger partial charge in [0.1, 0.15) is 6.10 Å². The van der Waals surface area contributed by atoms with Crippen molar-refractivity contribution in [3.63, 3.8) is 0 Å². The van der Waals surface area contributed by atoms with Crippen LogP contribution in [0, 0.1) is 0 Å². The van der Waals surface area contributed by atoms with Crippen molar-refractivity contribution in [1.82, 2.24) is 14.9 Å². The molecule has 0 atom stereocenters. The number of rotatable bonds is 8. The van der Waals surface area contributed by atoms with Crippen molar-refractivity contribution in [3.8, 4) is 11.5 Å². The molecule has 0 radical (unpaired) electrons. The Balaban J connectivity index is 1.63. The fourth-order valence-electron chi connectivity index (χ4n) is 3.24. The second-order valence-electron chi connectivity index (χ2n) is 7.07. The van der Waals surface area contributed by atoms with E-state index in [4.69, 9.17) is 15.2 Å². The van der Waals surface area contributed by atoms with E-state index in [0.717, 1.165) is 18.6 Å². The van der Waals surface area contributed by atoms with Gasteiger partial charge >= 0.3 is 0 Å². The zero-order chi connectivity index (χ0) is 22.2. The van der Waals surface area contributed by atoms with Gasteiger partial charge in [-0.1, -0.05) is 37.4 Å². The highest BCUT2D eigenvalue weighted by Gasteiger charge is 2.28. The Hall–Kier alpha value is -3.00. The second-order valence-corrected chi connectivity index (χ2v) is 8.17. The van der Waals surface area contributed by atoms with E-state index >= 15 is 0 Å². The SMILES string of the molecule is C=C(S/C(C(=O)N1CCC(Oc2ccccc2OC)CC1)=C(\N)CC)c1ncccn1. The van der Waals surface area contributed by atoms with Crippen LogP contribution in [0.5, 0.6) is 11.5 Å². The monoisotopic (exact) mass is 440 g/mol. The van der Waals surface area contributed by atoms with Crippen LogP contribution in [0.25, 0.3) is 4.91 Å². The standard InChI is InChI=1S/C23H28N4O3S/c1-4-18(24)21(31-16(2)22-25-12-7-13-26-22)23(28)27-14-10-17(11-15-27)30-20-9-6-5-8-19(20)29-3/h5-9,12-13,17H,2,4,10-11,14-15,24H2,1,3H3/b21-18-. The molecule has 3 rings (SSSR count). The molecule has 0 aliphatic carbocycles. The third kappa shape index (κ3) is 5.79. The van der Waals surface area contributed by atoms with Gasteiger partial charge in [0.15, 0.2) is 17.3 Å².